The lowest BCUT2D eigenvalue weighted by Crippen LogP contribution is -2.30. The van der Waals surface area contributed by atoms with E-state index in [1.165, 1.54) is 24.9 Å². The lowest BCUT2D eigenvalue weighted by Gasteiger charge is -2.14. The zero-order chi connectivity index (χ0) is 26.1. The Kier molecular flexibility index (Phi) is 6.82. The van der Waals surface area contributed by atoms with Gasteiger partial charge in [0.2, 0.25) is 0 Å². The number of carboxylic acid groups (broad SMARTS) is 1. The molecule has 9 heteroatoms. The monoisotopic (exact) mass is 532 g/mol. The molecule has 1 amide bonds. The fraction of sp³-hybridized carbons (Fsp3) is 0.107. The molecular weight excluding hydrogens is 511 g/mol. The van der Waals surface area contributed by atoms with Crippen molar-refractivity contribution in [1.82, 2.24) is 9.88 Å². The number of nitrogens with zero attached hydrogens (tertiary/aromatic N) is 1. The van der Waals surface area contributed by atoms with Crippen LogP contribution in [0.1, 0.15) is 21.5 Å². The molecule has 0 spiro atoms. The number of rotatable bonds is 7. The van der Waals surface area contributed by atoms with E-state index in [-0.39, 0.29) is 17.3 Å². The smallest absolute Gasteiger partial charge is 0.335 e. The largest absolute Gasteiger partial charge is 0.496 e. The SMILES string of the molecule is COc1ccc(C=C2SC(=S)N(CCc3ccc(C(=O)O)cc3)C2=O)cc1-c1cc2[nH]ccc2cc1F. The number of thiocarbonyl (C=S) groups is 1. The number of ether oxygens (including phenoxy) is 1. The van der Waals surface area contributed by atoms with Crippen LogP contribution in [0.2, 0.25) is 0 Å². The van der Waals surface area contributed by atoms with Gasteiger partial charge in [-0.3, -0.25) is 9.69 Å². The van der Waals surface area contributed by atoms with Gasteiger partial charge in [-0.1, -0.05) is 42.2 Å². The Balaban J connectivity index is 1.38. The molecule has 0 saturated carbocycles. The van der Waals surface area contributed by atoms with Gasteiger partial charge in [-0.2, -0.15) is 0 Å². The zero-order valence-electron chi connectivity index (χ0n) is 19.7. The molecule has 0 radical (unpaired) electrons. The second-order valence-electron chi connectivity index (χ2n) is 8.44. The molecular formula is C28H21FN2O4S2. The van der Waals surface area contributed by atoms with E-state index in [0.29, 0.717) is 44.6 Å². The van der Waals surface area contributed by atoms with Gasteiger partial charge in [0.25, 0.3) is 5.91 Å². The molecule has 1 saturated heterocycles. The van der Waals surface area contributed by atoms with Crippen molar-refractivity contribution in [3.63, 3.8) is 0 Å². The standard InChI is InChI=1S/C28H21FN2O4S2/c1-35-24-7-4-17(12-21(24)20-15-23-19(8-10-30-23)14-22(20)29)13-25-26(32)31(28(36)37-25)11-9-16-2-5-18(6-3-16)27(33)34/h2-8,10,12-15,30H,9,11H2,1H3,(H,33,34). The van der Waals surface area contributed by atoms with Crippen molar-refractivity contribution in [2.45, 2.75) is 6.42 Å². The molecule has 0 aliphatic carbocycles. The number of halogens is 1. The molecule has 3 aromatic carbocycles. The maximum absolute atomic E-state index is 15.0. The number of carbonyl (C=O) groups is 2. The quantitative estimate of drug-likeness (QED) is 0.220. The summed E-state index contributed by atoms with van der Waals surface area (Å²) in [5.41, 5.74) is 3.61. The van der Waals surface area contributed by atoms with E-state index in [1.54, 1.807) is 59.6 Å². The van der Waals surface area contributed by atoms with Crippen LogP contribution in [0.25, 0.3) is 28.1 Å². The number of carbonyl (C=O) groups excluding carboxylic acids is 1. The van der Waals surface area contributed by atoms with E-state index < -0.39 is 5.97 Å². The van der Waals surface area contributed by atoms with Crippen molar-refractivity contribution < 1.29 is 23.8 Å². The number of hydrogen-bond donors (Lipinski definition) is 2. The minimum Gasteiger partial charge on any atom is -0.496 e. The molecule has 2 heterocycles. The molecule has 0 atom stereocenters. The summed E-state index contributed by atoms with van der Waals surface area (Å²) in [6.45, 7) is 0.379. The van der Waals surface area contributed by atoms with Gasteiger partial charge in [-0.25, -0.2) is 9.18 Å². The summed E-state index contributed by atoms with van der Waals surface area (Å²) < 4.78 is 20.9. The number of nitrogens with one attached hydrogen (secondary N) is 1. The fourth-order valence-electron chi connectivity index (χ4n) is 4.20. The lowest BCUT2D eigenvalue weighted by molar-refractivity contribution is -0.122. The molecule has 4 aromatic rings. The summed E-state index contributed by atoms with van der Waals surface area (Å²) >= 11 is 6.67. The highest BCUT2D eigenvalue weighted by atomic mass is 32.2. The number of aromatic carboxylic acids is 1. The number of amides is 1. The first-order chi connectivity index (χ1) is 17.8. The topological polar surface area (TPSA) is 82.6 Å². The molecule has 0 unspecified atom stereocenters. The molecule has 1 aliphatic rings. The van der Waals surface area contributed by atoms with E-state index in [2.05, 4.69) is 4.98 Å². The van der Waals surface area contributed by atoms with Gasteiger partial charge in [0.15, 0.2) is 0 Å². The number of benzene rings is 3. The van der Waals surface area contributed by atoms with Crippen molar-refractivity contribution >= 4 is 57.2 Å². The summed E-state index contributed by atoms with van der Waals surface area (Å²) in [5.74, 6) is -1.04. The van der Waals surface area contributed by atoms with Crippen molar-refractivity contribution in [2.75, 3.05) is 13.7 Å². The van der Waals surface area contributed by atoms with Crippen LogP contribution in [0, 0.1) is 5.82 Å². The van der Waals surface area contributed by atoms with Gasteiger partial charge in [-0.15, -0.1) is 0 Å². The number of thioether (sulfide) groups is 1. The third-order valence-electron chi connectivity index (χ3n) is 6.15. The maximum atomic E-state index is 15.0. The molecule has 186 valence electrons. The third kappa shape index (κ3) is 5.00. The number of aromatic nitrogens is 1. The Labute approximate surface area is 221 Å². The highest BCUT2D eigenvalue weighted by molar-refractivity contribution is 8.26. The first-order valence-corrected chi connectivity index (χ1v) is 12.6. The first kappa shape index (κ1) is 24.7. The van der Waals surface area contributed by atoms with Crippen molar-refractivity contribution in [2.24, 2.45) is 0 Å². The minimum atomic E-state index is -0.983. The van der Waals surface area contributed by atoms with Crippen LogP contribution in [-0.4, -0.2) is 44.8 Å². The van der Waals surface area contributed by atoms with Crippen LogP contribution in [-0.2, 0) is 11.2 Å². The zero-order valence-corrected chi connectivity index (χ0v) is 21.3. The van der Waals surface area contributed by atoms with E-state index in [4.69, 9.17) is 22.1 Å². The predicted octanol–water partition coefficient (Wildman–Crippen LogP) is 6.12. The highest BCUT2D eigenvalue weighted by Gasteiger charge is 2.31. The molecule has 6 nitrogen and oxygen atoms in total. The average Bonchev–Trinajstić information content (AvgIpc) is 3.45. The fourth-order valence-corrected chi connectivity index (χ4v) is 5.51. The van der Waals surface area contributed by atoms with Gasteiger partial charge in [0.1, 0.15) is 15.9 Å². The van der Waals surface area contributed by atoms with E-state index >= 15 is 0 Å². The summed E-state index contributed by atoms with van der Waals surface area (Å²) in [6, 6.07) is 16.9. The Morgan fingerprint density at radius 2 is 1.92 bits per heavy atom. The average molecular weight is 533 g/mol. The number of carboxylic acids is 1. The number of fused-ring (bicyclic) bond motifs is 1. The van der Waals surface area contributed by atoms with E-state index in [1.807, 2.05) is 12.1 Å². The van der Waals surface area contributed by atoms with E-state index in [9.17, 15) is 14.0 Å². The Morgan fingerprint density at radius 1 is 1.14 bits per heavy atom. The van der Waals surface area contributed by atoms with Gasteiger partial charge in [0, 0.05) is 34.8 Å². The summed E-state index contributed by atoms with van der Waals surface area (Å²) in [6.07, 6.45) is 4.04. The molecule has 37 heavy (non-hydrogen) atoms. The van der Waals surface area contributed by atoms with Gasteiger partial charge in [-0.05, 0) is 66.1 Å². The second-order valence-corrected chi connectivity index (χ2v) is 10.1. The maximum Gasteiger partial charge on any atom is 0.335 e. The van der Waals surface area contributed by atoms with Crippen LogP contribution in [0.5, 0.6) is 5.75 Å². The second kappa shape index (κ2) is 10.2. The molecule has 1 aliphatic heterocycles. The van der Waals surface area contributed by atoms with Crippen LogP contribution in [0.4, 0.5) is 4.39 Å². The van der Waals surface area contributed by atoms with Crippen LogP contribution in [0.3, 0.4) is 0 Å². The van der Waals surface area contributed by atoms with Gasteiger partial charge < -0.3 is 14.8 Å². The van der Waals surface area contributed by atoms with Gasteiger partial charge >= 0.3 is 5.97 Å². The molecule has 5 rings (SSSR count). The van der Waals surface area contributed by atoms with Crippen LogP contribution >= 0.6 is 24.0 Å². The Morgan fingerprint density at radius 3 is 2.65 bits per heavy atom. The molecule has 1 aromatic heterocycles. The lowest BCUT2D eigenvalue weighted by atomic mass is 10.00. The summed E-state index contributed by atoms with van der Waals surface area (Å²) in [5, 5.41) is 9.83. The Hall–Kier alpha value is -3.95. The Bertz CT molecular complexity index is 1580. The summed E-state index contributed by atoms with van der Waals surface area (Å²) in [7, 11) is 1.53. The van der Waals surface area contributed by atoms with Crippen molar-refractivity contribution in [3.05, 3.63) is 94.3 Å². The van der Waals surface area contributed by atoms with E-state index in [0.717, 1.165) is 16.5 Å². The molecule has 1 fully saturated rings. The van der Waals surface area contributed by atoms with Crippen LogP contribution in [0.15, 0.2) is 71.8 Å². The molecule has 2 N–H and O–H groups in total. The number of aromatic amines is 1. The van der Waals surface area contributed by atoms with Gasteiger partial charge in [0.05, 0.1) is 17.6 Å². The van der Waals surface area contributed by atoms with Crippen molar-refractivity contribution in [1.29, 1.82) is 0 Å². The number of H-pyrrole nitrogens is 1. The molecule has 0 bridgehead atoms. The van der Waals surface area contributed by atoms with Crippen LogP contribution < -0.4 is 4.74 Å². The highest BCUT2D eigenvalue weighted by Crippen LogP contribution is 2.37. The predicted molar refractivity (Wildman–Crippen MR) is 147 cm³/mol. The van der Waals surface area contributed by atoms with Crippen molar-refractivity contribution in [3.8, 4) is 16.9 Å². The first-order valence-electron chi connectivity index (χ1n) is 11.4. The normalized spacial score (nSPS) is 14.6. The number of hydrogen-bond acceptors (Lipinski definition) is 5. The minimum absolute atomic E-state index is 0.200. The third-order valence-corrected chi connectivity index (χ3v) is 7.53. The number of methoxy groups -OCH3 is 1. The summed E-state index contributed by atoms with van der Waals surface area (Å²) in [4.78, 5) is 29.3.